The van der Waals surface area contributed by atoms with Crippen molar-refractivity contribution in [2.24, 2.45) is 0 Å². The van der Waals surface area contributed by atoms with Crippen LogP contribution in [-0.2, 0) is 12.8 Å². The Morgan fingerprint density at radius 3 is 2.62 bits per heavy atom. The van der Waals surface area contributed by atoms with Crippen molar-refractivity contribution in [1.29, 1.82) is 0 Å². The van der Waals surface area contributed by atoms with E-state index in [4.69, 9.17) is 4.52 Å². The zero-order chi connectivity index (χ0) is 18.2. The lowest BCUT2D eigenvalue weighted by Crippen LogP contribution is -2.30. The summed E-state index contributed by atoms with van der Waals surface area (Å²) < 4.78 is 5.16. The molecular formula is C20H22N4O2. The fourth-order valence-corrected chi connectivity index (χ4v) is 2.68. The second kappa shape index (κ2) is 8.80. The number of rotatable bonds is 7. The number of nitrogens with zero attached hydrogens (tertiary/aromatic N) is 2. The third-order valence-corrected chi connectivity index (χ3v) is 3.95. The van der Waals surface area contributed by atoms with Gasteiger partial charge >= 0.3 is 6.03 Å². The molecule has 1 heterocycles. The van der Waals surface area contributed by atoms with Crippen LogP contribution in [0.3, 0.4) is 0 Å². The fourth-order valence-electron chi connectivity index (χ4n) is 2.68. The number of benzene rings is 2. The Hall–Kier alpha value is -3.15. The minimum atomic E-state index is -0.216. The smallest absolute Gasteiger partial charge is 0.319 e. The molecular weight excluding hydrogens is 328 g/mol. The minimum Gasteiger partial charge on any atom is -0.339 e. The van der Waals surface area contributed by atoms with Gasteiger partial charge < -0.3 is 15.2 Å². The first-order chi connectivity index (χ1) is 12.7. The number of carbonyl (C=O) groups is 1. The number of para-hydroxylation sites is 1. The SMILES string of the molecule is Cc1noc(Cc2ccccc2NC(=O)NCCCc2ccccc2)n1. The van der Waals surface area contributed by atoms with Gasteiger partial charge in [-0.2, -0.15) is 4.98 Å². The van der Waals surface area contributed by atoms with Crippen molar-refractivity contribution in [1.82, 2.24) is 15.5 Å². The van der Waals surface area contributed by atoms with Gasteiger partial charge in [-0.1, -0.05) is 53.7 Å². The molecule has 3 aromatic rings. The lowest BCUT2D eigenvalue weighted by Gasteiger charge is -2.11. The van der Waals surface area contributed by atoms with Crippen LogP contribution in [0.5, 0.6) is 0 Å². The Bertz CT molecular complexity index is 846. The van der Waals surface area contributed by atoms with E-state index in [9.17, 15) is 4.79 Å². The first kappa shape index (κ1) is 17.7. The van der Waals surface area contributed by atoms with Crippen molar-refractivity contribution < 1.29 is 9.32 Å². The fraction of sp³-hybridized carbons (Fsp3) is 0.250. The lowest BCUT2D eigenvalue weighted by atomic mass is 10.1. The zero-order valence-corrected chi connectivity index (χ0v) is 14.7. The summed E-state index contributed by atoms with van der Waals surface area (Å²) in [5.74, 6) is 1.13. The first-order valence-corrected chi connectivity index (χ1v) is 8.66. The average Bonchev–Trinajstić information content (AvgIpc) is 3.06. The molecule has 6 nitrogen and oxygen atoms in total. The summed E-state index contributed by atoms with van der Waals surface area (Å²) in [6.45, 7) is 2.39. The van der Waals surface area contributed by atoms with Crippen LogP contribution >= 0.6 is 0 Å². The summed E-state index contributed by atoms with van der Waals surface area (Å²) in [5.41, 5.74) is 2.94. The Morgan fingerprint density at radius 1 is 1.08 bits per heavy atom. The van der Waals surface area contributed by atoms with Crippen molar-refractivity contribution >= 4 is 11.7 Å². The second-order valence-electron chi connectivity index (χ2n) is 6.04. The van der Waals surface area contributed by atoms with Crippen molar-refractivity contribution in [3.8, 4) is 0 Å². The average molecular weight is 350 g/mol. The summed E-state index contributed by atoms with van der Waals surface area (Å²) in [7, 11) is 0. The maximum absolute atomic E-state index is 12.2. The quantitative estimate of drug-likeness (QED) is 0.636. The number of hydrogen-bond acceptors (Lipinski definition) is 4. The molecule has 3 rings (SSSR count). The van der Waals surface area contributed by atoms with E-state index in [1.807, 2.05) is 42.5 Å². The molecule has 0 saturated heterocycles. The highest BCUT2D eigenvalue weighted by molar-refractivity contribution is 5.90. The topological polar surface area (TPSA) is 80.0 Å². The van der Waals surface area contributed by atoms with Crippen LogP contribution in [0.1, 0.15) is 29.3 Å². The molecule has 2 aromatic carbocycles. The maximum atomic E-state index is 12.2. The molecule has 0 saturated carbocycles. The molecule has 0 spiro atoms. The highest BCUT2D eigenvalue weighted by atomic mass is 16.5. The van der Waals surface area contributed by atoms with E-state index in [1.54, 1.807) is 6.92 Å². The number of aromatic nitrogens is 2. The normalized spacial score (nSPS) is 10.5. The highest BCUT2D eigenvalue weighted by Gasteiger charge is 2.10. The van der Waals surface area contributed by atoms with Gasteiger partial charge in [0, 0.05) is 12.2 Å². The molecule has 26 heavy (non-hydrogen) atoms. The molecule has 2 N–H and O–H groups in total. The molecule has 0 aliphatic rings. The van der Waals surface area contributed by atoms with Crippen LogP contribution in [0.4, 0.5) is 10.5 Å². The van der Waals surface area contributed by atoms with Crippen LogP contribution in [0, 0.1) is 6.92 Å². The van der Waals surface area contributed by atoms with Gasteiger partial charge in [-0.25, -0.2) is 4.79 Å². The van der Waals surface area contributed by atoms with E-state index in [2.05, 4.69) is 32.9 Å². The van der Waals surface area contributed by atoms with Gasteiger partial charge in [0.05, 0.1) is 6.42 Å². The maximum Gasteiger partial charge on any atom is 0.319 e. The van der Waals surface area contributed by atoms with Crippen LogP contribution in [0.15, 0.2) is 59.1 Å². The van der Waals surface area contributed by atoms with E-state index in [0.29, 0.717) is 24.7 Å². The zero-order valence-electron chi connectivity index (χ0n) is 14.7. The molecule has 0 radical (unpaired) electrons. The van der Waals surface area contributed by atoms with E-state index >= 15 is 0 Å². The van der Waals surface area contributed by atoms with Crippen LogP contribution < -0.4 is 10.6 Å². The summed E-state index contributed by atoms with van der Waals surface area (Å²) in [4.78, 5) is 16.4. The first-order valence-electron chi connectivity index (χ1n) is 8.66. The van der Waals surface area contributed by atoms with E-state index in [0.717, 1.165) is 24.1 Å². The van der Waals surface area contributed by atoms with Crippen molar-refractivity contribution in [2.75, 3.05) is 11.9 Å². The Morgan fingerprint density at radius 2 is 1.85 bits per heavy atom. The molecule has 0 bridgehead atoms. The predicted molar refractivity (Wildman–Crippen MR) is 100 cm³/mol. The summed E-state index contributed by atoms with van der Waals surface area (Å²) >= 11 is 0. The Kier molecular flexibility index (Phi) is 5.98. The minimum absolute atomic E-state index is 0.216. The molecule has 0 unspecified atom stereocenters. The number of amides is 2. The number of aryl methyl sites for hydroxylation is 2. The molecule has 2 amide bonds. The van der Waals surface area contributed by atoms with Gasteiger partial charge in [0.2, 0.25) is 5.89 Å². The van der Waals surface area contributed by atoms with E-state index < -0.39 is 0 Å². The lowest BCUT2D eigenvalue weighted by molar-refractivity contribution is 0.252. The molecule has 0 fully saturated rings. The number of nitrogens with one attached hydrogen (secondary N) is 2. The molecule has 0 atom stereocenters. The number of carbonyl (C=O) groups excluding carboxylic acids is 1. The van der Waals surface area contributed by atoms with Crippen molar-refractivity contribution in [3.05, 3.63) is 77.4 Å². The van der Waals surface area contributed by atoms with Crippen molar-refractivity contribution in [2.45, 2.75) is 26.2 Å². The monoisotopic (exact) mass is 350 g/mol. The number of hydrogen-bond donors (Lipinski definition) is 2. The Balaban J connectivity index is 1.49. The van der Waals surface area contributed by atoms with Gasteiger partial charge in [-0.05, 0) is 37.0 Å². The molecule has 0 aliphatic carbocycles. The number of urea groups is 1. The predicted octanol–water partition coefficient (Wildman–Crippen LogP) is 3.72. The Labute approximate surface area is 152 Å². The summed E-state index contributed by atoms with van der Waals surface area (Å²) in [6.07, 6.45) is 2.31. The number of anilines is 1. The molecule has 0 aliphatic heterocycles. The second-order valence-corrected chi connectivity index (χ2v) is 6.04. The van der Waals surface area contributed by atoms with Crippen LogP contribution in [0.25, 0.3) is 0 Å². The van der Waals surface area contributed by atoms with Gasteiger partial charge in [0.15, 0.2) is 5.82 Å². The standard InChI is InChI=1S/C20H22N4O2/c1-15-22-19(26-24-15)14-17-11-5-6-12-18(17)23-20(25)21-13-7-10-16-8-3-2-4-9-16/h2-6,8-9,11-12H,7,10,13-14H2,1H3,(H2,21,23,25). The van der Waals surface area contributed by atoms with E-state index in [-0.39, 0.29) is 6.03 Å². The van der Waals surface area contributed by atoms with Gasteiger partial charge in [0.25, 0.3) is 0 Å². The summed E-state index contributed by atoms with van der Waals surface area (Å²) in [5, 5.41) is 9.58. The molecule has 1 aromatic heterocycles. The van der Waals surface area contributed by atoms with Gasteiger partial charge in [0.1, 0.15) is 0 Å². The third kappa shape index (κ3) is 5.17. The van der Waals surface area contributed by atoms with Crippen molar-refractivity contribution in [3.63, 3.8) is 0 Å². The van der Waals surface area contributed by atoms with Gasteiger partial charge in [-0.3, -0.25) is 0 Å². The molecule has 6 heteroatoms. The van der Waals surface area contributed by atoms with Crippen LogP contribution in [-0.4, -0.2) is 22.7 Å². The van der Waals surface area contributed by atoms with E-state index in [1.165, 1.54) is 5.56 Å². The van der Waals surface area contributed by atoms with Crippen LogP contribution in [0.2, 0.25) is 0 Å². The highest BCUT2D eigenvalue weighted by Crippen LogP contribution is 2.18. The third-order valence-electron chi connectivity index (χ3n) is 3.95. The molecule has 134 valence electrons. The summed E-state index contributed by atoms with van der Waals surface area (Å²) in [6, 6.07) is 17.6. The van der Waals surface area contributed by atoms with Gasteiger partial charge in [-0.15, -0.1) is 0 Å². The largest absolute Gasteiger partial charge is 0.339 e.